The minimum absolute atomic E-state index is 0.00463. The third-order valence-electron chi connectivity index (χ3n) is 1.33. The van der Waals surface area contributed by atoms with Crippen LogP contribution < -0.4 is 0 Å². The highest BCUT2D eigenvalue weighted by Gasteiger charge is 2.08. The molecule has 53 valence electrons. The number of carbonyl (C=O) groups is 1. The molecule has 0 amide bonds. The molecule has 0 bridgehead atoms. The van der Waals surface area contributed by atoms with E-state index < -0.39 is 0 Å². The average Bonchev–Trinajstić information content (AvgIpc) is 1.63. The van der Waals surface area contributed by atoms with Crippen LogP contribution in [0, 0.1) is 18.8 Å². The molecule has 9 heavy (non-hydrogen) atoms. The zero-order chi connectivity index (χ0) is 7.44. The second-order valence-corrected chi connectivity index (χ2v) is 2.94. The summed E-state index contributed by atoms with van der Waals surface area (Å²) in [6.07, 6.45) is 0.912. The average molecular weight is 127 g/mol. The van der Waals surface area contributed by atoms with Gasteiger partial charge in [0.1, 0.15) is 5.78 Å². The minimum atomic E-state index is 0.00463. The van der Waals surface area contributed by atoms with E-state index >= 15 is 0 Å². The van der Waals surface area contributed by atoms with Gasteiger partial charge in [-0.25, -0.2) is 0 Å². The van der Waals surface area contributed by atoms with Gasteiger partial charge in [0.25, 0.3) is 0 Å². The molecule has 0 aliphatic rings. The van der Waals surface area contributed by atoms with Crippen molar-refractivity contribution in [3.63, 3.8) is 0 Å². The molecule has 0 aromatic carbocycles. The molecule has 0 aliphatic heterocycles. The van der Waals surface area contributed by atoms with Crippen molar-refractivity contribution in [2.24, 2.45) is 11.8 Å². The fourth-order valence-corrected chi connectivity index (χ4v) is 0.735. The van der Waals surface area contributed by atoms with E-state index in [9.17, 15) is 4.79 Å². The fraction of sp³-hybridized carbons (Fsp3) is 0.750. The lowest BCUT2D eigenvalue weighted by Crippen LogP contribution is -2.09. The van der Waals surface area contributed by atoms with E-state index in [1.165, 1.54) is 0 Å². The van der Waals surface area contributed by atoms with E-state index in [0.717, 1.165) is 6.42 Å². The smallest absolute Gasteiger partial charge is 0.132 e. The lowest BCUT2D eigenvalue weighted by atomic mass is 9.96. The summed E-state index contributed by atoms with van der Waals surface area (Å²) < 4.78 is 0. The van der Waals surface area contributed by atoms with Crippen LogP contribution in [0.15, 0.2) is 0 Å². The van der Waals surface area contributed by atoms with Crippen molar-refractivity contribution in [1.82, 2.24) is 0 Å². The summed E-state index contributed by atoms with van der Waals surface area (Å²) in [4.78, 5) is 10.6. The lowest BCUT2D eigenvalue weighted by molar-refractivity contribution is -0.119. The van der Waals surface area contributed by atoms with E-state index in [0.29, 0.717) is 5.92 Å². The zero-order valence-electron chi connectivity index (χ0n) is 6.48. The number of Topliss-reactive ketones (excluding diaryl/α,β-unsaturated/α-hetero) is 1. The maximum atomic E-state index is 10.6. The molecule has 0 spiro atoms. The van der Waals surface area contributed by atoms with Crippen LogP contribution in [0.5, 0.6) is 0 Å². The molecule has 0 aromatic rings. The normalized spacial score (nSPS) is 13.9. The Kier molecular flexibility index (Phi) is 3.52. The number of rotatable bonds is 3. The zero-order valence-corrected chi connectivity index (χ0v) is 6.48. The molecule has 0 aromatic heterocycles. The summed E-state index contributed by atoms with van der Waals surface area (Å²) >= 11 is 0. The Labute approximate surface area is 57.5 Å². The van der Waals surface area contributed by atoms with E-state index in [1.54, 1.807) is 6.92 Å². The van der Waals surface area contributed by atoms with Gasteiger partial charge >= 0.3 is 0 Å². The van der Waals surface area contributed by atoms with E-state index in [4.69, 9.17) is 0 Å². The maximum absolute atomic E-state index is 10.6. The van der Waals surface area contributed by atoms with Gasteiger partial charge < -0.3 is 0 Å². The predicted molar refractivity (Wildman–Crippen MR) is 39.0 cm³/mol. The molecule has 0 saturated carbocycles. The Balaban J connectivity index is 3.50. The van der Waals surface area contributed by atoms with Crippen molar-refractivity contribution in [2.45, 2.75) is 27.2 Å². The Hall–Kier alpha value is -0.330. The van der Waals surface area contributed by atoms with Crippen LogP contribution in [0.3, 0.4) is 0 Å². The number of carbonyl (C=O) groups excluding carboxylic acids is 1. The van der Waals surface area contributed by atoms with Crippen LogP contribution in [0.2, 0.25) is 0 Å². The Morgan fingerprint density at radius 2 is 2.00 bits per heavy atom. The largest absolute Gasteiger partial charge is 0.300 e. The molecule has 1 atom stereocenters. The summed E-state index contributed by atoms with van der Waals surface area (Å²) in [6, 6.07) is 0. The topological polar surface area (TPSA) is 17.1 Å². The van der Waals surface area contributed by atoms with Crippen molar-refractivity contribution in [3.8, 4) is 0 Å². The predicted octanol–water partition coefficient (Wildman–Crippen LogP) is 2.07. The van der Waals surface area contributed by atoms with Crippen molar-refractivity contribution in [2.75, 3.05) is 0 Å². The molecule has 1 unspecified atom stereocenters. The first-order valence-electron chi connectivity index (χ1n) is 3.37. The standard InChI is InChI=1S/C8H15O/c1-6(2)5-7(3)8(4)9/h6-7H,3,5H2,1-2,4H3. The van der Waals surface area contributed by atoms with E-state index in [1.807, 2.05) is 0 Å². The molecule has 1 radical (unpaired) electrons. The molecule has 1 nitrogen and oxygen atoms in total. The molecule has 0 rings (SSSR count). The number of ketones is 1. The molecule has 1 heteroatoms. The van der Waals surface area contributed by atoms with Gasteiger partial charge in [-0.1, -0.05) is 13.8 Å². The quantitative estimate of drug-likeness (QED) is 0.567. The maximum Gasteiger partial charge on any atom is 0.132 e. The first kappa shape index (κ1) is 8.67. The van der Waals surface area contributed by atoms with Crippen molar-refractivity contribution < 1.29 is 4.79 Å². The van der Waals surface area contributed by atoms with Gasteiger partial charge in [-0.2, -0.15) is 0 Å². The molecule has 0 heterocycles. The third-order valence-corrected chi connectivity index (χ3v) is 1.33. The van der Waals surface area contributed by atoms with Crippen LogP contribution in [0.4, 0.5) is 0 Å². The highest BCUT2D eigenvalue weighted by molar-refractivity contribution is 5.78. The summed E-state index contributed by atoms with van der Waals surface area (Å²) in [5.41, 5.74) is 0. The SMILES string of the molecule is [CH2]C(CC(C)C)C(C)=O. The van der Waals surface area contributed by atoms with Gasteiger partial charge in [0.05, 0.1) is 0 Å². The van der Waals surface area contributed by atoms with Gasteiger partial charge in [-0.05, 0) is 26.2 Å². The van der Waals surface area contributed by atoms with E-state index in [-0.39, 0.29) is 11.7 Å². The van der Waals surface area contributed by atoms with Crippen LogP contribution in [0.25, 0.3) is 0 Å². The van der Waals surface area contributed by atoms with Crippen molar-refractivity contribution in [3.05, 3.63) is 6.92 Å². The van der Waals surface area contributed by atoms with Gasteiger partial charge in [-0.3, -0.25) is 4.79 Å². The number of hydrogen-bond donors (Lipinski definition) is 0. The summed E-state index contributed by atoms with van der Waals surface area (Å²) in [7, 11) is 0. The van der Waals surface area contributed by atoms with Crippen LogP contribution in [-0.4, -0.2) is 5.78 Å². The van der Waals surface area contributed by atoms with Gasteiger partial charge in [0.2, 0.25) is 0 Å². The molecule has 0 aliphatic carbocycles. The summed E-state index contributed by atoms with van der Waals surface area (Å²) in [6.45, 7) is 9.52. The van der Waals surface area contributed by atoms with Crippen molar-refractivity contribution in [1.29, 1.82) is 0 Å². The van der Waals surface area contributed by atoms with Crippen molar-refractivity contribution >= 4 is 5.78 Å². The summed E-state index contributed by atoms with van der Waals surface area (Å²) in [5.74, 6) is 0.782. The van der Waals surface area contributed by atoms with Crippen LogP contribution in [0.1, 0.15) is 27.2 Å². The van der Waals surface area contributed by atoms with Gasteiger partial charge in [0, 0.05) is 5.92 Å². The monoisotopic (exact) mass is 127 g/mol. The highest BCUT2D eigenvalue weighted by Crippen LogP contribution is 2.10. The van der Waals surface area contributed by atoms with Gasteiger partial charge in [-0.15, -0.1) is 0 Å². The van der Waals surface area contributed by atoms with Gasteiger partial charge in [0.15, 0.2) is 0 Å². The molecule has 0 saturated heterocycles. The molecule has 0 fully saturated rings. The fourth-order valence-electron chi connectivity index (χ4n) is 0.735. The van der Waals surface area contributed by atoms with E-state index in [2.05, 4.69) is 20.8 Å². The Morgan fingerprint density at radius 1 is 1.56 bits per heavy atom. The first-order valence-corrected chi connectivity index (χ1v) is 3.37. The Morgan fingerprint density at radius 3 is 2.11 bits per heavy atom. The molecular weight excluding hydrogens is 112 g/mol. The lowest BCUT2D eigenvalue weighted by Gasteiger charge is -2.08. The molecular formula is C8H15O. The summed E-state index contributed by atoms with van der Waals surface area (Å²) in [5, 5.41) is 0. The highest BCUT2D eigenvalue weighted by atomic mass is 16.1. The Bertz CT molecular complexity index is 94.7. The third kappa shape index (κ3) is 4.19. The van der Waals surface area contributed by atoms with Crippen LogP contribution in [-0.2, 0) is 4.79 Å². The van der Waals surface area contributed by atoms with Crippen LogP contribution >= 0.6 is 0 Å². The minimum Gasteiger partial charge on any atom is -0.300 e. The number of hydrogen-bond acceptors (Lipinski definition) is 1. The second kappa shape index (κ2) is 3.65. The molecule has 0 N–H and O–H groups in total. The first-order chi connectivity index (χ1) is 4.04. The second-order valence-electron chi connectivity index (χ2n) is 2.94.